The molecule has 0 bridgehead atoms. The Bertz CT molecular complexity index is 269. The molecule has 76 valence electrons. The van der Waals surface area contributed by atoms with Gasteiger partial charge in [0.2, 0.25) is 0 Å². The minimum absolute atomic E-state index is 0.945. The fraction of sp³-hybridized carbons (Fsp3) is 0.417. The molecular formula is C12H17NS. The lowest BCUT2D eigenvalue weighted by Crippen LogP contribution is -2.21. The fourth-order valence-electron chi connectivity index (χ4n) is 1.29. The van der Waals surface area contributed by atoms with Crippen molar-refractivity contribution in [1.29, 1.82) is 0 Å². The van der Waals surface area contributed by atoms with Crippen molar-refractivity contribution < 1.29 is 0 Å². The Labute approximate surface area is 91.5 Å². The maximum atomic E-state index is 5.07. The molecule has 1 aromatic rings. The summed E-state index contributed by atoms with van der Waals surface area (Å²) in [6.07, 6.45) is 3.21. The number of hydrogen-bond donors (Lipinski definition) is 1. The topological polar surface area (TPSA) is 12.0 Å². The Morgan fingerprint density at radius 2 is 2.00 bits per heavy atom. The predicted molar refractivity (Wildman–Crippen MR) is 65.7 cm³/mol. The third-order valence-corrected chi connectivity index (χ3v) is 2.56. The van der Waals surface area contributed by atoms with Crippen LogP contribution in [0.2, 0.25) is 0 Å². The van der Waals surface area contributed by atoms with Crippen molar-refractivity contribution in [2.75, 3.05) is 6.54 Å². The van der Waals surface area contributed by atoms with E-state index in [1.165, 1.54) is 5.56 Å². The quantitative estimate of drug-likeness (QED) is 0.588. The van der Waals surface area contributed by atoms with Crippen molar-refractivity contribution in [1.82, 2.24) is 5.32 Å². The van der Waals surface area contributed by atoms with Gasteiger partial charge in [0, 0.05) is 6.54 Å². The van der Waals surface area contributed by atoms with Crippen molar-refractivity contribution in [3.8, 4) is 0 Å². The zero-order chi connectivity index (χ0) is 10.2. The second kappa shape index (κ2) is 6.55. The Balaban J connectivity index is 2.13. The molecule has 1 rings (SSSR count). The van der Waals surface area contributed by atoms with Gasteiger partial charge in [-0.1, -0.05) is 49.5 Å². The third-order valence-electron chi connectivity index (χ3n) is 2.13. The van der Waals surface area contributed by atoms with E-state index in [9.17, 15) is 0 Å². The Hall–Kier alpha value is -0.890. The Morgan fingerprint density at radius 1 is 1.29 bits per heavy atom. The first kappa shape index (κ1) is 11.2. The molecule has 0 amide bonds. The Kier molecular flexibility index (Phi) is 5.23. The minimum Gasteiger partial charge on any atom is -0.380 e. The molecular weight excluding hydrogens is 190 g/mol. The normalized spacial score (nSPS) is 9.79. The van der Waals surface area contributed by atoms with E-state index in [2.05, 4.69) is 36.5 Å². The van der Waals surface area contributed by atoms with Gasteiger partial charge in [-0.05, 0) is 24.8 Å². The van der Waals surface area contributed by atoms with Crippen LogP contribution in [0, 0.1) is 0 Å². The molecule has 0 radical (unpaired) electrons. The second-order valence-corrected chi connectivity index (χ2v) is 3.79. The first-order valence-corrected chi connectivity index (χ1v) is 5.54. The number of rotatable bonds is 5. The van der Waals surface area contributed by atoms with E-state index in [0.29, 0.717) is 0 Å². The van der Waals surface area contributed by atoms with Gasteiger partial charge in [0.05, 0.1) is 4.99 Å². The van der Waals surface area contributed by atoms with Gasteiger partial charge in [-0.3, -0.25) is 0 Å². The van der Waals surface area contributed by atoms with Crippen molar-refractivity contribution in [3.05, 3.63) is 35.9 Å². The molecule has 14 heavy (non-hydrogen) atoms. The van der Waals surface area contributed by atoms with Crippen molar-refractivity contribution >= 4 is 17.2 Å². The van der Waals surface area contributed by atoms with Gasteiger partial charge in [0.15, 0.2) is 0 Å². The molecule has 1 N–H and O–H groups in total. The first-order chi connectivity index (χ1) is 6.83. The van der Waals surface area contributed by atoms with Crippen molar-refractivity contribution in [2.45, 2.75) is 26.2 Å². The fourth-order valence-corrected chi connectivity index (χ4v) is 1.39. The first-order valence-electron chi connectivity index (χ1n) is 5.13. The largest absolute Gasteiger partial charge is 0.380 e. The van der Waals surface area contributed by atoms with Crippen LogP contribution in [0.1, 0.15) is 25.3 Å². The summed E-state index contributed by atoms with van der Waals surface area (Å²) in [5, 5.41) is 3.23. The molecule has 1 nitrogen and oxygen atoms in total. The summed E-state index contributed by atoms with van der Waals surface area (Å²) in [4.78, 5) is 0.970. The molecule has 0 fully saturated rings. The maximum Gasteiger partial charge on any atom is 0.0750 e. The summed E-state index contributed by atoms with van der Waals surface area (Å²) in [6.45, 7) is 3.06. The molecule has 0 aliphatic heterocycles. The molecule has 0 aliphatic carbocycles. The van der Waals surface area contributed by atoms with Crippen LogP contribution in [0.15, 0.2) is 30.3 Å². The van der Waals surface area contributed by atoms with Gasteiger partial charge in [-0.15, -0.1) is 0 Å². The molecule has 0 aromatic heterocycles. The monoisotopic (exact) mass is 207 g/mol. The van der Waals surface area contributed by atoms with Gasteiger partial charge in [0.1, 0.15) is 0 Å². The van der Waals surface area contributed by atoms with E-state index in [-0.39, 0.29) is 0 Å². The van der Waals surface area contributed by atoms with Gasteiger partial charge in [-0.25, -0.2) is 0 Å². The molecule has 2 heteroatoms. The molecule has 0 saturated carbocycles. The summed E-state index contributed by atoms with van der Waals surface area (Å²) >= 11 is 5.07. The van der Waals surface area contributed by atoms with E-state index < -0.39 is 0 Å². The standard InChI is InChI=1S/C12H17NS/c1-2-12(14)13-10-6-9-11-7-4-3-5-8-11/h3-5,7-8H,2,6,9-10H2,1H3,(H,13,14). The van der Waals surface area contributed by atoms with Crippen LogP contribution < -0.4 is 5.32 Å². The molecule has 0 unspecified atom stereocenters. The summed E-state index contributed by atoms with van der Waals surface area (Å²) in [6, 6.07) is 10.5. The maximum absolute atomic E-state index is 5.07. The SMILES string of the molecule is CCC(=S)NCCCc1ccccc1. The lowest BCUT2D eigenvalue weighted by Gasteiger charge is -2.05. The lowest BCUT2D eigenvalue weighted by atomic mass is 10.1. The number of nitrogens with one attached hydrogen (secondary N) is 1. The predicted octanol–water partition coefficient (Wildman–Crippen LogP) is 2.95. The van der Waals surface area contributed by atoms with E-state index in [0.717, 1.165) is 30.8 Å². The van der Waals surface area contributed by atoms with Crippen LogP contribution in [0.25, 0.3) is 0 Å². The highest BCUT2D eigenvalue weighted by Gasteiger charge is 1.93. The summed E-state index contributed by atoms with van der Waals surface area (Å²) in [5.41, 5.74) is 1.40. The smallest absolute Gasteiger partial charge is 0.0750 e. The summed E-state index contributed by atoms with van der Waals surface area (Å²) in [7, 11) is 0. The number of aryl methyl sites for hydroxylation is 1. The van der Waals surface area contributed by atoms with Crippen LogP contribution in [-0.4, -0.2) is 11.5 Å². The minimum atomic E-state index is 0.945. The number of benzene rings is 1. The molecule has 0 saturated heterocycles. The molecule has 1 aromatic carbocycles. The zero-order valence-corrected chi connectivity index (χ0v) is 9.44. The average Bonchev–Trinajstić information content (AvgIpc) is 2.25. The number of hydrogen-bond acceptors (Lipinski definition) is 1. The zero-order valence-electron chi connectivity index (χ0n) is 8.62. The Morgan fingerprint density at radius 3 is 2.64 bits per heavy atom. The highest BCUT2D eigenvalue weighted by atomic mass is 32.1. The highest BCUT2D eigenvalue weighted by Crippen LogP contribution is 2.01. The molecule has 0 aliphatic rings. The molecule has 0 atom stereocenters. The second-order valence-electron chi connectivity index (χ2n) is 3.29. The van der Waals surface area contributed by atoms with Crippen molar-refractivity contribution in [2.24, 2.45) is 0 Å². The number of thiocarbonyl (C=S) groups is 1. The van der Waals surface area contributed by atoms with E-state index in [1.54, 1.807) is 0 Å². The van der Waals surface area contributed by atoms with Crippen LogP contribution in [0.5, 0.6) is 0 Å². The van der Waals surface area contributed by atoms with Crippen molar-refractivity contribution in [3.63, 3.8) is 0 Å². The summed E-state index contributed by atoms with van der Waals surface area (Å²) in [5.74, 6) is 0. The van der Waals surface area contributed by atoms with E-state index >= 15 is 0 Å². The lowest BCUT2D eigenvalue weighted by molar-refractivity contribution is 0.772. The summed E-state index contributed by atoms with van der Waals surface area (Å²) < 4.78 is 0. The van der Waals surface area contributed by atoms with Crippen LogP contribution >= 0.6 is 12.2 Å². The average molecular weight is 207 g/mol. The van der Waals surface area contributed by atoms with Gasteiger partial charge in [-0.2, -0.15) is 0 Å². The van der Waals surface area contributed by atoms with Gasteiger partial charge >= 0.3 is 0 Å². The molecule has 0 spiro atoms. The van der Waals surface area contributed by atoms with E-state index in [1.807, 2.05) is 6.07 Å². The third kappa shape index (κ3) is 4.38. The van der Waals surface area contributed by atoms with Crippen LogP contribution in [0.3, 0.4) is 0 Å². The highest BCUT2D eigenvalue weighted by molar-refractivity contribution is 7.80. The van der Waals surface area contributed by atoms with Crippen LogP contribution in [-0.2, 0) is 6.42 Å². The van der Waals surface area contributed by atoms with E-state index in [4.69, 9.17) is 12.2 Å². The molecule has 0 heterocycles. The van der Waals surface area contributed by atoms with Crippen LogP contribution in [0.4, 0.5) is 0 Å². The van der Waals surface area contributed by atoms with Gasteiger partial charge in [0.25, 0.3) is 0 Å². The van der Waals surface area contributed by atoms with Gasteiger partial charge < -0.3 is 5.32 Å².